The number of nitrogens with one attached hydrogen (secondary N) is 1. The standard InChI is InChI=1S/C23H28N4O3/c1-3-30-23(28)21-20(17-8-5-4-6-9-17)22(26-14-12-24-13-15-26)27(25-21)18-10-7-11-19(16-18)29-2/h4-11,16,20,22,24H,3,12-15H2,1-2H3. The van der Waals surface area contributed by atoms with Crippen LogP contribution in [0.1, 0.15) is 18.4 Å². The average molecular weight is 409 g/mol. The number of hydrazone groups is 1. The highest BCUT2D eigenvalue weighted by molar-refractivity contribution is 6.39. The van der Waals surface area contributed by atoms with Crippen molar-refractivity contribution in [3.05, 3.63) is 60.2 Å². The molecule has 7 nitrogen and oxygen atoms in total. The van der Waals surface area contributed by atoms with E-state index < -0.39 is 0 Å². The van der Waals surface area contributed by atoms with Gasteiger partial charge >= 0.3 is 5.97 Å². The number of benzene rings is 2. The molecule has 0 saturated carbocycles. The molecule has 1 saturated heterocycles. The number of hydrogen-bond donors (Lipinski definition) is 1. The molecule has 2 aromatic carbocycles. The number of methoxy groups -OCH3 is 1. The number of hydrogen-bond acceptors (Lipinski definition) is 7. The predicted molar refractivity (Wildman–Crippen MR) is 117 cm³/mol. The van der Waals surface area contributed by atoms with Gasteiger partial charge in [-0.15, -0.1) is 0 Å². The van der Waals surface area contributed by atoms with Crippen molar-refractivity contribution in [3.63, 3.8) is 0 Å². The van der Waals surface area contributed by atoms with Crippen LogP contribution in [0.4, 0.5) is 5.69 Å². The van der Waals surface area contributed by atoms with E-state index in [1.54, 1.807) is 7.11 Å². The van der Waals surface area contributed by atoms with Gasteiger partial charge in [-0.3, -0.25) is 4.90 Å². The zero-order valence-electron chi connectivity index (χ0n) is 17.5. The Labute approximate surface area is 177 Å². The molecule has 1 N–H and O–H groups in total. The Morgan fingerprint density at radius 3 is 2.60 bits per heavy atom. The minimum atomic E-state index is -0.364. The highest BCUT2D eigenvalue weighted by Gasteiger charge is 2.46. The summed E-state index contributed by atoms with van der Waals surface area (Å²) in [4.78, 5) is 15.3. The van der Waals surface area contributed by atoms with Crippen molar-refractivity contribution in [2.24, 2.45) is 5.10 Å². The molecule has 2 aromatic rings. The smallest absolute Gasteiger partial charge is 0.355 e. The van der Waals surface area contributed by atoms with Crippen molar-refractivity contribution in [2.75, 3.05) is 44.9 Å². The highest BCUT2D eigenvalue weighted by atomic mass is 16.5. The molecule has 2 aliphatic heterocycles. The van der Waals surface area contributed by atoms with E-state index in [1.807, 2.05) is 54.4 Å². The third-order valence-corrected chi connectivity index (χ3v) is 5.55. The minimum Gasteiger partial charge on any atom is -0.497 e. The van der Waals surface area contributed by atoms with Crippen LogP contribution in [-0.2, 0) is 9.53 Å². The molecule has 0 amide bonds. The molecule has 1 fully saturated rings. The number of anilines is 1. The fourth-order valence-corrected chi connectivity index (χ4v) is 4.16. The van der Waals surface area contributed by atoms with Gasteiger partial charge in [-0.05, 0) is 24.6 Å². The van der Waals surface area contributed by atoms with Gasteiger partial charge < -0.3 is 14.8 Å². The van der Waals surface area contributed by atoms with E-state index in [1.165, 1.54) is 0 Å². The lowest BCUT2D eigenvalue weighted by Crippen LogP contribution is -2.55. The number of piperazine rings is 1. The van der Waals surface area contributed by atoms with E-state index in [0.29, 0.717) is 12.3 Å². The van der Waals surface area contributed by atoms with Crippen molar-refractivity contribution in [1.29, 1.82) is 0 Å². The van der Waals surface area contributed by atoms with Crippen molar-refractivity contribution in [1.82, 2.24) is 10.2 Å². The molecule has 158 valence electrons. The molecular weight excluding hydrogens is 380 g/mol. The van der Waals surface area contributed by atoms with Gasteiger partial charge in [0.25, 0.3) is 0 Å². The van der Waals surface area contributed by atoms with Crippen LogP contribution in [0.2, 0.25) is 0 Å². The molecule has 4 rings (SSSR count). The largest absolute Gasteiger partial charge is 0.497 e. The first-order chi connectivity index (χ1) is 14.7. The molecular formula is C23H28N4O3. The number of ether oxygens (including phenoxy) is 2. The Hall–Kier alpha value is -2.90. The molecule has 2 aliphatic rings. The average Bonchev–Trinajstić information content (AvgIpc) is 3.21. The van der Waals surface area contributed by atoms with Crippen molar-refractivity contribution >= 4 is 17.4 Å². The number of rotatable bonds is 6. The Morgan fingerprint density at radius 1 is 1.13 bits per heavy atom. The van der Waals surface area contributed by atoms with Crippen molar-refractivity contribution < 1.29 is 14.3 Å². The van der Waals surface area contributed by atoms with E-state index in [9.17, 15) is 4.79 Å². The van der Waals surface area contributed by atoms with Gasteiger partial charge in [0.05, 0.1) is 25.3 Å². The summed E-state index contributed by atoms with van der Waals surface area (Å²) in [6.07, 6.45) is -0.124. The first-order valence-corrected chi connectivity index (χ1v) is 10.4. The molecule has 0 radical (unpaired) electrons. The van der Waals surface area contributed by atoms with Crippen LogP contribution < -0.4 is 15.1 Å². The quantitative estimate of drug-likeness (QED) is 0.741. The lowest BCUT2D eigenvalue weighted by molar-refractivity contribution is -0.135. The molecule has 30 heavy (non-hydrogen) atoms. The number of nitrogens with zero attached hydrogens (tertiary/aromatic N) is 3. The number of carbonyl (C=O) groups is 1. The van der Waals surface area contributed by atoms with Crippen LogP contribution >= 0.6 is 0 Å². The van der Waals surface area contributed by atoms with Gasteiger partial charge in [0.1, 0.15) is 11.9 Å². The van der Waals surface area contributed by atoms with E-state index >= 15 is 0 Å². The molecule has 0 bridgehead atoms. The maximum absolute atomic E-state index is 12.9. The van der Waals surface area contributed by atoms with Gasteiger partial charge in [-0.1, -0.05) is 36.4 Å². The summed E-state index contributed by atoms with van der Waals surface area (Å²) in [7, 11) is 1.65. The zero-order chi connectivity index (χ0) is 20.9. The predicted octanol–water partition coefficient (Wildman–Crippen LogP) is 2.45. The van der Waals surface area contributed by atoms with Crippen LogP contribution in [0.3, 0.4) is 0 Å². The number of carbonyl (C=O) groups excluding carboxylic acids is 1. The maximum Gasteiger partial charge on any atom is 0.355 e. The second-order valence-electron chi connectivity index (χ2n) is 7.34. The Bertz CT molecular complexity index is 896. The second-order valence-corrected chi connectivity index (χ2v) is 7.34. The van der Waals surface area contributed by atoms with Gasteiger partial charge in [-0.25, -0.2) is 9.80 Å². The SMILES string of the molecule is CCOC(=O)C1=NN(c2cccc(OC)c2)C(N2CCNCC2)C1c1ccccc1. The van der Waals surface area contributed by atoms with Crippen molar-refractivity contribution in [2.45, 2.75) is 19.0 Å². The highest BCUT2D eigenvalue weighted by Crippen LogP contribution is 2.38. The number of esters is 1. The summed E-state index contributed by atoms with van der Waals surface area (Å²) < 4.78 is 10.8. The minimum absolute atomic E-state index is 0.124. The fourth-order valence-electron chi connectivity index (χ4n) is 4.16. The van der Waals surface area contributed by atoms with E-state index in [0.717, 1.165) is 43.2 Å². The third-order valence-electron chi connectivity index (χ3n) is 5.55. The Kier molecular flexibility index (Phi) is 6.30. The van der Waals surface area contributed by atoms with Crippen LogP contribution in [-0.4, -0.2) is 62.6 Å². The van der Waals surface area contributed by atoms with Crippen LogP contribution in [0.15, 0.2) is 59.7 Å². The molecule has 2 atom stereocenters. The summed E-state index contributed by atoms with van der Waals surface area (Å²) in [5.74, 6) is 0.175. The topological polar surface area (TPSA) is 66.4 Å². The first-order valence-electron chi connectivity index (χ1n) is 10.4. The lowest BCUT2D eigenvalue weighted by atomic mass is 9.90. The van der Waals surface area contributed by atoms with E-state index in [2.05, 4.69) is 22.3 Å². The molecule has 7 heteroatoms. The zero-order valence-corrected chi connectivity index (χ0v) is 17.5. The van der Waals surface area contributed by atoms with Crippen LogP contribution in [0.5, 0.6) is 5.75 Å². The van der Waals surface area contributed by atoms with Crippen molar-refractivity contribution in [3.8, 4) is 5.75 Å². The van der Waals surface area contributed by atoms with Gasteiger partial charge in [0.2, 0.25) is 0 Å². The molecule has 0 aliphatic carbocycles. The first kappa shape index (κ1) is 20.4. The summed E-state index contributed by atoms with van der Waals surface area (Å²) >= 11 is 0. The lowest BCUT2D eigenvalue weighted by Gasteiger charge is -2.40. The fraction of sp³-hybridized carbons (Fsp3) is 0.391. The van der Waals surface area contributed by atoms with Gasteiger partial charge in [0.15, 0.2) is 5.71 Å². The Morgan fingerprint density at radius 2 is 1.90 bits per heavy atom. The van der Waals surface area contributed by atoms with Gasteiger partial charge in [0, 0.05) is 32.2 Å². The second kappa shape index (κ2) is 9.28. The summed E-state index contributed by atoms with van der Waals surface area (Å²) in [6.45, 7) is 5.69. The summed E-state index contributed by atoms with van der Waals surface area (Å²) in [5, 5.41) is 10.2. The molecule has 2 unspecified atom stereocenters. The Balaban J connectivity index is 1.81. The summed E-state index contributed by atoms with van der Waals surface area (Å²) in [5.41, 5.74) is 2.38. The normalized spacial score (nSPS) is 21.9. The van der Waals surface area contributed by atoms with Gasteiger partial charge in [-0.2, -0.15) is 5.10 Å². The molecule has 0 aromatic heterocycles. The maximum atomic E-state index is 12.9. The molecule has 2 heterocycles. The third kappa shape index (κ3) is 4.04. The van der Waals surface area contributed by atoms with E-state index in [-0.39, 0.29) is 18.1 Å². The summed E-state index contributed by atoms with van der Waals surface area (Å²) in [6, 6.07) is 17.9. The molecule has 0 spiro atoms. The van der Waals surface area contributed by atoms with E-state index in [4.69, 9.17) is 14.6 Å². The van der Waals surface area contributed by atoms with Crippen LogP contribution in [0.25, 0.3) is 0 Å². The van der Waals surface area contributed by atoms with Crippen LogP contribution in [0, 0.1) is 0 Å². The monoisotopic (exact) mass is 408 g/mol.